The number of benzene rings is 2. The minimum absolute atomic E-state index is 0.251. The predicted molar refractivity (Wildman–Crippen MR) is 98.2 cm³/mol. The number of hydrogen-bond acceptors (Lipinski definition) is 3. The third kappa shape index (κ3) is 3.71. The third-order valence-electron chi connectivity index (χ3n) is 4.30. The lowest BCUT2D eigenvalue weighted by atomic mass is 10.2. The maximum atomic E-state index is 13.0. The molecule has 2 aromatic rings. The molecule has 1 aliphatic rings. The first-order valence-electron chi connectivity index (χ1n) is 8.03. The average molecular weight is 379 g/mol. The van der Waals surface area contributed by atoms with E-state index in [2.05, 4.69) is 5.32 Å². The van der Waals surface area contributed by atoms with Crippen LogP contribution in [0.4, 0.5) is 5.69 Å². The fraction of sp³-hybridized carbons (Fsp3) is 0.278. The van der Waals surface area contributed by atoms with Crippen LogP contribution in [0.1, 0.15) is 18.4 Å². The molecule has 1 N–H and O–H groups in total. The van der Waals surface area contributed by atoms with Crippen LogP contribution >= 0.6 is 11.6 Å². The van der Waals surface area contributed by atoms with Gasteiger partial charge in [0.25, 0.3) is 0 Å². The molecule has 5 nitrogen and oxygen atoms in total. The van der Waals surface area contributed by atoms with Crippen LogP contribution in [0.3, 0.4) is 0 Å². The van der Waals surface area contributed by atoms with Crippen molar-refractivity contribution in [1.82, 2.24) is 4.31 Å². The summed E-state index contributed by atoms with van der Waals surface area (Å²) in [5.41, 5.74) is 1.26. The lowest BCUT2D eigenvalue weighted by Crippen LogP contribution is -2.43. The van der Waals surface area contributed by atoms with Crippen molar-refractivity contribution < 1.29 is 13.2 Å². The van der Waals surface area contributed by atoms with Crippen LogP contribution < -0.4 is 5.32 Å². The molecule has 1 amide bonds. The number of rotatable bonds is 4. The molecule has 0 spiro atoms. The Labute approximate surface area is 152 Å². The zero-order valence-electron chi connectivity index (χ0n) is 13.8. The van der Waals surface area contributed by atoms with Crippen molar-refractivity contribution >= 4 is 33.2 Å². The van der Waals surface area contributed by atoms with E-state index >= 15 is 0 Å². The van der Waals surface area contributed by atoms with Crippen molar-refractivity contribution in [1.29, 1.82) is 0 Å². The molecule has 25 heavy (non-hydrogen) atoms. The first-order valence-corrected chi connectivity index (χ1v) is 9.85. The maximum Gasteiger partial charge on any atom is 0.244 e. The van der Waals surface area contributed by atoms with Gasteiger partial charge >= 0.3 is 0 Å². The van der Waals surface area contributed by atoms with Gasteiger partial charge in [-0.2, -0.15) is 4.31 Å². The maximum absolute atomic E-state index is 13.0. The standard InChI is InChI=1S/C18H19ClN2O3S/c1-13-5-2-3-7-17(13)25(23,24)21-12-4-6-16(21)18(22)20-15-10-8-14(19)9-11-15/h2-3,5,7-11,16H,4,6,12H2,1H3,(H,20,22)/t16-/m1/s1. The SMILES string of the molecule is Cc1ccccc1S(=O)(=O)N1CCC[C@@H]1C(=O)Nc1ccc(Cl)cc1. The van der Waals surface area contributed by atoms with Gasteiger partial charge in [-0.15, -0.1) is 0 Å². The zero-order chi connectivity index (χ0) is 18.0. The first-order chi connectivity index (χ1) is 11.9. The van der Waals surface area contributed by atoms with Crippen LogP contribution in [0, 0.1) is 6.92 Å². The lowest BCUT2D eigenvalue weighted by molar-refractivity contribution is -0.119. The summed E-state index contributed by atoms with van der Waals surface area (Å²) in [5, 5.41) is 3.35. The van der Waals surface area contributed by atoms with Gasteiger partial charge in [0, 0.05) is 17.3 Å². The molecule has 3 rings (SSSR count). The molecule has 1 fully saturated rings. The summed E-state index contributed by atoms with van der Waals surface area (Å²) in [7, 11) is -3.71. The Morgan fingerprint density at radius 2 is 1.84 bits per heavy atom. The molecule has 2 aromatic carbocycles. The second kappa shape index (κ2) is 7.15. The van der Waals surface area contributed by atoms with E-state index in [-0.39, 0.29) is 10.8 Å². The molecule has 0 saturated carbocycles. The molecule has 1 saturated heterocycles. The Balaban J connectivity index is 1.83. The molecule has 0 bridgehead atoms. The summed E-state index contributed by atoms with van der Waals surface area (Å²) in [6.45, 7) is 2.10. The van der Waals surface area contributed by atoms with E-state index in [1.807, 2.05) is 0 Å². The number of halogens is 1. The van der Waals surface area contributed by atoms with Crippen LogP contribution in [0.15, 0.2) is 53.4 Å². The van der Waals surface area contributed by atoms with E-state index in [0.717, 1.165) is 0 Å². The van der Waals surface area contributed by atoms with E-state index in [4.69, 9.17) is 11.6 Å². The number of sulfonamides is 1. The van der Waals surface area contributed by atoms with E-state index in [1.165, 1.54) is 4.31 Å². The zero-order valence-corrected chi connectivity index (χ0v) is 15.3. The first kappa shape index (κ1) is 17.9. The van der Waals surface area contributed by atoms with Crippen LogP contribution in [-0.4, -0.2) is 31.2 Å². The summed E-state index contributed by atoms with van der Waals surface area (Å²) >= 11 is 5.84. The molecule has 0 unspecified atom stereocenters. The number of nitrogens with one attached hydrogen (secondary N) is 1. The molecule has 1 atom stereocenters. The van der Waals surface area contributed by atoms with Gasteiger partial charge in [0.15, 0.2) is 0 Å². The Morgan fingerprint density at radius 1 is 1.16 bits per heavy atom. The van der Waals surface area contributed by atoms with Gasteiger partial charge < -0.3 is 5.32 Å². The Morgan fingerprint density at radius 3 is 2.52 bits per heavy atom. The Hall–Kier alpha value is -1.89. The summed E-state index contributed by atoms with van der Waals surface area (Å²) in [4.78, 5) is 12.9. The molecule has 0 aliphatic carbocycles. The molecule has 132 valence electrons. The highest BCUT2D eigenvalue weighted by molar-refractivity contribution is 7.89. The highest BCUT2D eigenvalue weighted by Crippen LogP contribution is 2.28. The molecular formula is C18H19ClN2O3S. The smallest absolute Gasteiger partial charge is 0.244 e. The summed E-state index contributed by atoms with van der Waals surface area (Å²) in [5.74, 6) is -0.322. The number of aryl methyl sites for hydroxylation is 1. The van der Waals surface area contributed by atoms with Gasteiger partial charge in [-0.1, -0.05) is 29.8 Å². The second-order valence-corrected chi connectivity index (χ2v) is 8.33. The van der Waals surface area contributed by atoms with Crippen molar-refractivity contribution in [2.45, 2.75) is 30.7 Å². The average Bonchev–Trinajstić information content (AvgIpc) is 3.08. The fourth-order valence-corrected chi connectivity index (χ4v) is 5.03. The number of amides is 1. The van der Waals surface area contributed by atoms with Gasteiger partial charge in [-0.3, -0.25) is 4.79 Å². The van der Waals surface area contributed by atoms with Crippen LogP contribution in [0.2, 0.25) is 5.02 Å². The highest BCUT2D eigenvalue weighted by atomic mass is 35.5. The number of carbonyl (C=O) groups is 1. The molecular weight excluding hydrogens is 360 g/mol. The second-order valence-electron chi connectivity index (χ2n) is 6.04. The van der Waals surface area contributed by atoms with Gasteiger partial charge in [0.2, 0.25) is 15.9 Å². The van der Waals surface area contributed by atoms with Crippen molar-refractivity contribution in [2.75, 3.05) is 11.9 Å². The lowest BCUT2D eigenvalue weighted by Gasteiger charge is -2.24. The normalized spacial score (nSPS) is 18.2. The third-order valence-corrected chi connectivity index (χ3v) is 6.62. The number of hydrogen-bond donors (Lipinski definition) is 1. The monoisotopic (exact) mass is 378 g/mol. The number of carbonyl (C=O) groups excluding carboxylic acids is 1. The van der Waals surface area contributed by atoms with E-state index in [9.17, 15) is 13.2 Å². The minimum Gasteiger partial charge on any atom is -0.325 e. The largest absolute Gasteiger partial charge is 0.325 e. The Bertz CT molecular complexity index is 881. The summed E-state index contributed by atoms with van der Waals surface area (Å²) < 4.78 is 27.3. The van der Waals surface area contributed by atoms with Crippen molar-refractivity contribution in [3.05, 3.63) is 59.1 Å². The van der Waals surface area contributed by atoms with E-state index in [0.29, 0.717) is 35.7 Å². The molecule has 0 aromatic heterocycles. The van der Waals surface area contributed by atoms with Crippen molar-refractivity contribution in [3.63, 3.8) is 0 Å². The minimum atomic E-state index is -3.71. The van der Waals surface area contributed by atoms with Crippen molar-refractivity contribution in [3.8, 4) is 0 Å². The Kier molecular flexibility index (Phi) is 5.13. The molecule has 1 heterocycles. The van der Waals surface area contributed by atoms with Gasteiger partial charge in [0.05, 0.1) is 4.90 Å². The summed E-state index contributed by atoms with van der Waals surface area (Å²) in [6, 6.07) is 12.8. The van der Waals surface area contributed by atoms with Gasteiger partial charge in [0.1, 0.15) is 6.04 Å². The van der Waals surface area contributed by atoms with Crippen LogP contribution in [-0.2, 0) is 14.8 Å². The molecule has 1 aliphatic heterocycles. The van der Waals surface area contributed by atoms with Gasteiger partial charge in [-0.05, 0) is 55.7 Å². The topological polar surface area (TPSA) is 66.5 Å². The van der Waals surface area contributed by atoms with Crippen molar-refractivity contribution in [2.24, 2.45) is 0 Å². The quantitative estimate of drug-likeness (QED) is 0.886. The molecule has 0 radical (unpaired) electrons. The predicted octanol–water partition coefficient (Wildman–Crippen LogP) is 3.44. The van der Waals surface area contributed by atoms with E-state index < -0.39 is 16.1 Å². The van der Waals surface area contributed by atoms with Crippen LogP contribution in [0.25, 0.3) is 0 Å². The highest BCUT2D eigenvalue weighted by Gasteiger charge is 2.39. The van der Waals surface area contributed by atoms with Crippen LogP contribution in [0.5, 0.6) is 0 Å². The summed E-state index contributed by atoms with van der Waals surface area (Å²) in [6.07, 6.45) is 1.16. The fourth-order valence-electron chi connectivity index (χ4n) is 3.02. The number of nitrogens with zero attached hydrogens (tertiary/aromatic N) is 1. The number of anilines is 1. The van der Waals surface area contributed by atoms with E-state index in [1.54, 1.807) is 55.5 Å². The van der Waals surface area contributed by atoms with Gasteiger partial charge in [-0.25, -0.2) is 8.42 Å². The molecule has 7 heteroatoms.